The summed E-state index contributed by atoms with van der Waals surface area (Å²) in [7, 11) is 0. The first-order valence-corrected chi connectivity index (χ1v) is 13.7. The molecule has 0 atom stereocenters. The van der Waals surface area contributed by atoms with Crippen LogP contribution >= 0.6 is 0 Å². The van der Waals surface area contributed by atoms with Crippen LogP contribution in [0.2, 0.25) is 0 Å². The first-order chi connectivity index (χ1) is 19.7. The Labute approximate surface area is 234 Å². The van der Waals surface area contributed by atoms with Crippen LogP contribution < -0.4 is 10.1 Å². The molecule has 0 aliphatic carbocycles. The number of carbonyl (C=O) groups is 1. The molecule has 1 amide bonds. The second-order valence-electron chi connectivity index (χ2n) is 9.86. The Hall–Kier alpha value is -4.90. The number of ether oxygens (including phenoxy) is 1. The molecule has 0 fully saturated rings. The van der Waals surface area contributed by atoms with E-state index in [9.17, 15) is 4.79 Å². The zero-order chi connectivity index (χ0) is 27.1. The summed E-state index contributed by atoms with van der Waals surface area (Å²) < 4.78 is 8.36. The predicted octanol–water partition coefficient (Wildman–Crippen LogP) is 7.18. The van der Waals surface area contributed by atoms with Crippen molar-refractivity contribution in [3.63, 3.8) is 0 Å². The fourth-order valence-electron chi connectivity index (χ4n) is 5.11. The van der Waals surface area contributed by atoms with Gasteiger partial charge in [-0.3, -0.25) is 4.79 Å². The molecule has 0 radical (unpaired) electrons. The summed E-state index contributed by atoms with van der Waals surface area (Å²) >= 11 is 0. The smallest absolute Gasteiger partial charge is 0.224 e. The van der Waals surface area contributed by atoms with E-state index in [0.29, 0.717) is 19.6 Å². The summed E-state index contributed by atoms with van der Waals surface area (Å²) in [5.74, 6) is 1.72. The maximum absolute atomic E-state index is 12.8. The lowest BCUT2D eigenvalue weighted by atomic mass is 10.0. The van der Waals surface area contributed by atoms with Crippen LogP contribution in [0.25, 0.3) is 32.9 Å². The Morgan fingerprint density at radius 1 is 0.750 bits per heavy atom. The zero-order valence-corrected chi connectivity index (χ0v) is 22.3. The van der Waals surface area contributed by atoms with Crippen LogP contribution in [-0.4, -0.2) is 22.1 Å². The van der Waals surface area contributed by atoms with Crippen LogP contribution in [-0.2, 0) is 24.3 Å². The van der Waals surface area contributed by atoms with Crippen LogP contribution in [0.1, 0.15) is 17.8 Å². The van der Waals surface area contributed by atoms with Crippen molar-refractivity contribution in [2.75, 3.05) is 6.61 Å². The first kappa shape index (κ1) is 25.4. The van der Waals surface area contributed by atoms with Gasteiger partial charge in [0.1, 0.15) is 11.6 Å². The van der Waals surface area contributed by atoms with E-state index in [1.807, 2.05) is 72.8 Å². The van der Waals surface area contributed by atoms with Gasteiger partial charge in [0.15, 0.2) is 0 Å². The summed E-state index contributed by atoms with van der Waals surface area (Å²) in [5.41, 5.74) is 5.28. The number of nitrogens with one attached hydrogen (secondary N) is 1. The van der Waals surface area contributed by atoms with Crippen LogP contribution in [0.15, 0.2) is 121 Å². The standard InChI is InChI=1S/C35H31N3O2/c39-35(24-26-18-20-28(21-19-26)27-10-2-1-3-11-27)36-25-34-37-31-15-6-7-16-32(31)38(34)22-9-23-40-33-17-8-13-29-12-4-5-14-30(29)33/h1-8,10-21H,9,22-25H2,(H,36,39). The summed E-state index contributed by atoms with van der Waals surface area (Å²) in [4.78, 5) is 17.6. The van der Waals surface area contributed by atoms with Gasteiger partial charge in [-0.15, -0.1) is 0 Å². The number of aryl methyl sites for hydroxylation is 1. The number of benzene rings is 5. The molecule has 0 saturated heterocycles. The summed E-state index contributed by atoms with van der Waals surface area (Å²) in [6.07, 6.45) is 1.15. The number of para-hydroxylation sites is 2. The number of carbonyl (C=O) groups excluding carboxylic acids is 1. The van der Waals surface area contributed by atoms with Crippen molar-refractivity contribution in [3.05, 3.63) is 133 Å². The number of hydrogen-bond acceptors (Lipinski definition) is 3. The number of aromatic nitrogens is 2. The maximum atomic E-state index is 12.8. The molecule has 0 bridgehead atoms. The number of hydrogen-bond donors (Lipinski definition) is 1. The van der Waals surface area contributed by atoms with E-state index in [-0.39, 0.29) is 5.91 Å². The van der Waals surface area contributed by atoms with Crippen molar-refractivity contribution >= 4 is 27.7 Å². The topological polar surface area (TPSA) is 56.2 Å². The highest BCUT2D eigenvalue weighted by atomic mass is 16.5. The normalized spacial score (nSPS) is 11.1. The van der Waals surface area contributed by atoms with E-state index in [0.717, 1.165) is 52.1 Å². The Morgan fingerprint density at radius 2 is 1.48 bits per heavy atom. The van der Waals surface area contributed by atoms with Gasteiger partial charge in [0, 0.05) is 11.9 Å². The van der Waals surface area contributed by atoms with Crippen molar-refractivity contribution in [1.82, 2.24) is 14.9 Å². The molecule has 5 nitrogen and oxygen atoms in total. The average molecular weight is 526 g/mol. The molecule has 5 aromatic carbocycles. The van der Waals surface area contributed by atoms with Gasteiger partial charge in [0.2, 0.25) is 5.91 Å². The Balaban J connectivity index is 1.08. The van der Waals surface area contributed by atoms with Gasteiger partial charge in [-0.1, -0.05) is 103 Å². The minimum Gasteiger partial charge on any atom is -0.493 e. The van der Waals surface area contributed by atoms with Gasteiger partial charge in [-0.05, 0) is 46.7 Å². The lowest BCUT2D eigenvalue weighted by Gasteiger charge is -2.12. The minimum absolute atomic E-state index is 0.0228. The molecule has 6 rings (SSSR count). The molecule has 0 aliphatic heterocycles. The van der Waals surface area contributed by atoms with Crippen molar-refractivity contribution in [3.8, 4) is 16.9 Å². The molecule has 1 heterocycles. The quantitative estimate of drug-likeness (QED) is 0.193. The van der Waals surface area contributed by atoms with Crippen molar-refractivity contribution in [1.29, 1.82) is 0 Å². The monoisotopic (exact) mass is 525 g/mol. The highest BCUT2D eigenvalue weighted by Crippen LogP contribution is 2.25. The zero-order valence-electron chi connectivity index (χ0n) is 22.3. The third-order valence-electron chi connectivity index (χ3n) is 7.14. The number of rotatable bonds is 10. The van der Waals surface area contributed by atoms with Crippen molar-refractivity contribution in [2.24, 2.45) is 0 Å². The minimum atomic E-state index is -0.0228. The van der Waals surface area contributed by atoms with E-state index in [1.165, 1.54) is 10.9 Å². The van der Waals surface area contributed by atoms with E-state index >= 15 is 0 Å². The molecule has 0 spiro atoms. The summed E-state index contributed by atoms with van der Waals surface area (Å²) in [6, 6.07) is 40.9. The summed E-state index contributed by atoms with van der Waals surface area (Å²) in [5, 5.41) is 5.37. The van der Waals surface area contributed by atoms with Crippen molar-refractivity contribution in [2.45, 2.75) is 25.9 Å². The third kappa shape index (κ3) is 5.74. The van der Waals surface area contributed by atoms with Gasteiger partial charge < -0.3 is 14.6 Å². The van der Waals surface area contributed by atoms with Gasteiger partial charge in [-0.2, -0.15) is 0 Å². The van der Waals surface area contributed by atoms with Gasteiger partial charge in [-0.25, -0.2) is 4.98 Å². The second-order valence-corrected chi connectivity index (χ2v) is 9.86. The Morgan fingerprint density at radius 3 is 2.35 bits per heavy atom. The average Bonchev–Trinajstić information content (AvgIpc) is 3.36. The lowest BCUT2D eigenvalue weighted by Crippen LogP contribution is -2.26. The fraction of sp³-hybridized carbons (Fsp3) is 0.143. The van der Waals surface area contributed by atoms with E-state index in [4.69, 9.17) is 9.72 Å². The highest BCUT2D eigenvalue weighted by molar-refractivity contribution is 5.88. The van der Waals surface area contributed by atoms with E-state index in [2.05, 4.69) is 58.4 Å². The van der Waals surface area contributed by atoms with Crippen LogP contribution in [0.5, 0.6) is 5.75 Å². The molecular formula is C35H31N3O2. The molecule has 198 valence electrons. The molecular weight excluding hydrogens is 494 g/mol. The molecule has 0 unspecified atom stereocenters. The number of amides is 1. The van der Waals surface area contributed by atoms with Crippen molar-refractivity contribution < 1.29 is 9.53 Å². The summed E-state index contributed by atoms with van der Waals surface area (Å²) in [6.45, 7) is 1.71. The predicted molar refractivity (Wildman–Crippen MR) is 161 cm³/mol. The van der Waals surface area contributed by atoms with Gasteiger partial charge in [0.25, 0.3) is 0 Å². The molecule has 5 heteroatoms. The third-order valence-corrected chi connectivity index (χ3v) is 7.14. The Kier molecular flexibility index (Phi) is 7.53. The lowest BCUT2D eigenvalue weighted by molar-refractivity contribution is -0.120. The SMILES string of the molecule is O=C(Cc1ccc(-c2ccccc2)cc1)NCc1nc2ccccc2n1CCCOc1cccc2ccccc12. The first-order valence-electron chi connectivity index (χ1n) is 13.7. The molecule has 1 aromatic heterocycles. The van der Waals surface area contributed by atoms with Gasteiger partial charge in [0.05, 0.1) is 30.6 Å². The maximum Gasteiger partial charge on any atom is 0.224 e. The fourth-order valence-corrected chi connectivity index (χ4v) is 5.11. The number of imidazole rings is 1. The molecule has 6 aromatic rings. The van der Waals surface area contributed by atoms with Crippen LogP contribution in [0, 0.1) is 0 Å². The van der Waals surface area contributed by atoms with Gasteiger partial charge >= 0.3 is 0 Å². The van der Waals surface area contributed by atoms with Crippen LogP contribution in [0.3, 0.4) is 0 Å². The highest BCUT2D eigenvalue weighted by Gasteiger charge is 2.12. The molecule has 40 heavy (non-hydrogen) atoms. The molecule has 0 saturated carbocycles. The molecule has 1 N–H and O–H groups in total. The molecule has 0 aliphatic rings. The van der Waals surface area contributed by atoms with E-state index < -0.39 is 0 Å². The number of fused-ring (bicyclic) bond motifs is 2. The number of nitrogens with zero attached hydrogens (tertiary/aromatic N) is 2. The Bertz CT molecular complexity index is 1740. The largest absolute Gasteiger partial charge is 0.493 e. The van der Waals surface area contributed by atoms with E-state index in [1.54, 1.807) is 0 Å². The van der Waals surface area contributed by atoms with Crippen LogP contribution in [0.4, 0.5) is 0 Å². The second kappa shape index (κ2) is 11.9.